The molecule has 1 atom stereocenters. The van der Waals surface area contributed by atoms with E-state index in [0.717, 1.165) is 29.2 Å². The third-order valence-electron chi connectivity index (χ3n) is 5.47. The van der Waals surface area contributed by atoms with Crippen molar-refractivity contribution in [2.24, 2.45) is 0 Å². The number of ether oxygens (including phenoxy) is 3. The van der Waals surface area contributed by atoms with Gasteiger partial charge in [-0.05, 0) is 29.3 Å². The molecular weight excluding hydrogens is 398 g/mol. The van der Waals surface area contributed by atoms with Crippen molar-refractivity contribution in [1.82, 2.24) is 15.1 Å². The largest absolute Gasteiger partial charge is 0.488 e. The highest BCUT2D eigenvalue weighted by Crippen LogP contribution is 2.33. The Morgan fingerprint density at radius 1 is 1.06 bits per heavy atom. The summed E-state index contributed by atoms with van der Waals surface area (Å²) in [5, 5.41) is 8.18. The lowest BCUT2D eigenvalue weighted by atomic mass is 10.1. The van der Waals surface area contributed by atoms with Crippen molar-refractivity contribution in [2.75, 3.05) is 20.4 Å². The first kappa shape index (κ1) is 19.4. The van der Waals surface area contributed by atoms with Crippen LogP contribution in [0.15, 0.2) is 46.9 Å². The van der Waals surface area contributed by atoms with Gasteiger partial charge < -0.3 is 23.5 Å². The minimum absolute atomic E-state index is 0.0111. The highest BCUT2D eigenvalue weighted by molar-refractivity contribution is 5.76. The van der Waals surface area contributed by atoms with E-state index in [0.29, 0.717) is 37.6 Å². The molecule has 0 saturated carbocycles. The Morgan fingerprint density at radius 3 is 2.81 bits per heavy atom. The van der Waals surface area contributed by atoms with Crippen LogP contribution in [0.25, 0.3) is 0 Å². The number of hydrogen-bond donors (Lipinski definition) is 0. The maximum absolute atomic E-state index is 12.5. The van der Waals surface area contributed by atoms with Crippen molar-refractivity contribution in [3.8, 4) is 17.2 Å². The molecule has 8 nitrogen and oxygen atoms in total. The third kappa shape index (κ3) is 4.33. The number of aromatic nitrogens is 2. The predicted octanol–water partition coefficient (Wildman–Crippen LogP) is 2.78. The van der Waals surface area contributed by atoms with Gasteiger partial charge in [0, 0.05) is 26.3 Å². The van der Waals surface area contributed by atoms with E-state index in [1.165, 1.54) is 5.56 Å². The molecule has 5 rings (SSSR count). The quantitative estimate of drug-likeness (QED) is 0.580. The Kier molecular flexibility index (Phi) is 5.19. The zero-order chi connectivity index (χ0) is 21.2. The summed E-state index contributed by atoms with van der Waals surface area (Å²) < 4.78 is 22.4. The summed E-state index contributed by atoms with van der Waals surface area (Å²) in [6, 6.07) is 13.7. The van der Waals surface area contributed by atoms with Crippen molar-refractivity contribution in [2.45, 2.75) is 31.8 Å². The van der Waals surface area contributed by atoms with Crippen LogP contribution in [0.5, 0.6) is 17.2 Å². The summed E-state index contributed by atoms with van der Waals surface area (Å²) in [5.41, 5.74) is 2.18. The van der Waals surface area contributed by atoms with Gasteiger partial charge in [0.1, 0.15) is 11.9 Å². The van der Waals surface area contributed by atoms with E-state index in [2.05, 4.69) is 16.3 Å². The number of fused-ring (bicyclic) bond motifs is 2. The first-order valence-electron chi connectivity index (χ1n) is 10.3. The molecule has 1 amide bonds. The molecule has 3 aromatic rings. The molecule has 0 N–H and O–H groups in total. The van der Waals surface area contributed by atoms with E-state index in [4.69, 9.17) is 18.6 Å². The summed E-state index contributed by atoms with van der Waals surface area (Å²) in [6.45, 7) is 0.790. The number of hydrogen-bond acceptors (Lipinski definition) is 7. The number of benzene rings is 2. The van der Waals surface area contributed by atoms with E-state index in [1.807, 2.05) is 36.4 Å². The molecule has 2 aliphatic heterocycles. The van der Waals surface area contributed by atoms with Crippen molar-refractivity contribution < 1.29 is 23.4 Å². The number of rotatable bonds is 7. The molecule has 8 heteroatoms. The van der Waals surface area contributed by atoms with Crippen LogP contribution in [0.2, 0.25) is 0 Å². The van der Waals surface area contributed by atoms with Crippen LogP contribution < -0.4 is 14.2 Å². The lowest BCUT2D eigenvalue weighted by Gasteiger charge is -2.20. The molecule has 0 spiro atoms. The molecule has 160 valence electrons. The number of amides is 1. The molecule has 2 aromatic carbocycles. The Balaban J connectivity index is 1.10. The van der Waals surface area contributed by atoms with E-state index in [1.54, 1.807) is 11.9 Å². The van der Waals surface area contributed by atoms with Crippen LogP contribution in [-0.4, -0.2) is 47.5 Å². The van der Waals surface area contributed by atoms with Gasteiger partial charge in [0.2, 0.25) is 24.5 Å². The first-order chi connectivity index (χ1) is 15.1. The number of carbonyl (C=O) groups excluding carboxylic acids is 1. The van der Waals surface area contributed by atoms with Crippen molar-refractivity contribution >= 4 is 5.91 Å². The Labute approximate surface area is 179 Å². The van der Waals surface area contributed by atoms with Crippen LogP contribution in [0.4, 0.5) is 0 Å². The minimum Gasteiger partial charge on any atom is -0.488 e. The highest BCUT2D eigenvalue weighted by Gasteiger charge is 2.25. The SMILES string of the molecule is CN(C[C@@H]1Cc2ccccc2O1)C(=O)CCc1nnc(Cc2ccc3c(c2)OCO3)o1. The second kappa shape index (κ2) is 8.29. The average Bonchev–Trinajstić information content (AvgIpc) is 3.50. The molecule has 0 fully saturated rings. The average molecular weight is 421 g/mol. The monoisotopic (exact) mass is 421 g/mol. The molecule has 0 saturated heterocycles. The number of aryl methyl sites for hydroxylation is 1. The van der Waals surface area contributed by atoms with Crippen molar-refractivity contribution in [3.05, 3.63) is 65.4 Å². The Bertz CT molecular complexity index is 1070. The lowest BCUT2D eigenvalue weighted by molar-refractivity contribution is -0.130. The van der Waals surface area contributed by atoms with Crippen LogP contribution in [0.1, 0.15) is 29.3 Å². The molecule has 0 unspecified atom stereocenters. The number of carbonyl (C=O) groups is 1. The smallest absolute Gasteiger partial charge is 0.231 e. The molecule has 3 heterocycles. The van der Waals surface area contributed by atoms with Gasteiger partial charge in [0.05, 0.1) is 13.0 Å². The maximum atomic E-state index is 12.5. The van der Waals surface area contributed by atoms with E-state index in [-0.39, 0.29) is 18.8 Å². The topological polar surface area (TPSA) is 86.9 Å². The lowest BCUT2D eigenvalue weighted by Crippen LogP contribution is -2.36. The van der Waals surface area contributed by atoms with E-state index < -0.39 is 0 Å². The second-order valence-electron chi connectivity index (χ2n) is 7.78. The summed E-state index contributed by atoms with van der Waals surface area (Å²) in [7, 11) is 1.80. The molecule has 2 aliphatic rings. The fraction of sp³-hybridized carbons (Fsp3) is 0.348. The van der Waals surface area contributed by atoms with Crippen molar-refractivity contribution in [3.63, 3.8) is 0 Å². The standard InChI is InChI=1S/C23H23N3O5/c1-26(13-17-12-16-4-2-3-5-18(16)30-17)23(27)9-8-21-24-25-22(31-21)11-15-6-7-19-20(10-15)29-14-28-19/h2-7,10,17H,8-9,11-14H2,1H3/t17-/m0/s1. The minimum atomic E-state index is -0.0111. The molecule has 1 aromatic heterocycles. The van der Waals surface area contributed by atoms with Gasteiger partial charge in [0.25, 0.3) is 0 Å². The van der Waals surface area contributed by atoms with E-state index in [9.17, 15) is 4.79 Å². The number of para-hydroxylation sites is 1. The van der Waals surface area contributed by atoms with Crippen LogP contribution in [0.3, 0.4) is 0 Å². The fourth-order valence-electron chi connectivity index (χ4n) is 3.85. The van der Waals surface area contributed by atoms with Gasteiger partial charge in [-0.3, -0.25) is 4.79 Å². The van der Waals surface area contributed by atoms with Crippen LogP contribution >= 0.6 is 0 Å². The third-order valence-corrected chi connectivity index (χ3v) is 5.47. The molecule has 31 heavy (non-hydrogen) atoms. The number of nitrogens with zero attached hydrogens (tertiary/aromatic N) is 3. The zero-order valence-electron chi connectivity index (χ0n) is 17.2. The van der Waals surface area contributed by atoms with Gasteiger partial charge >= 0.3 is 0 Å². The summed E-state index contributed by atoms with van der Waals surface area (Å²) in [6.07, 6.45) is 2.02. The summed E-state index contributed by atoms with van der Waals surface area (Å²) in [4.78, 5) is 14.2. The second-order valence-corrected chi connectivity index (χ2v) is 7.78. The van der Waals surface area contributed by atoms with Crippen LogP contribution in [-0.2, 0) is 24.1 Å². The van der Waals surface area contributed by atoms with Gasteiger partial charge in [-0.2, -0.15) is 0 Å². The Hall–Kier alpha value is -3.55. The van der Waals surface area contributed by atoms with Gasteiger partial charge in [-0.25, -0.2) is 0 Å². The molecule has 0 radical (unpaired) electrons. The zero-order valence-corrected chi connectivity index (χ0v) is 17.2. The maximum Gasteiger partial charge on any atom is 0.231 e. The summed E-state index contributed by atoms with van der Waals surface area (Å²) in [5.74, 6) is 3.36. The number of likely N-dealkylation sites (N-methyl/N-ethyl adjacent to an activating group) is 1. The highest BCUT2D eigenvalue weighted by atomic mass is 16.7. The van der Waals surface area contributed by atoms with E-state index >= 15 is 0 Å². The molecular formula is C23H23N3O5. The van der Waals surface area contributed by atoms with Crippen molar-refractivity contribution in [1.29, 1.82) is 0 Å². The van der Waals surface area contributed by atoms with Gasteiger partial charge in [-0.15, -0.1) is 10.2 Å². The van der Waals surface area contributed by atoms with Crippen LogP contribution in [0, 0.1) is 0 Å². The fourth-order valence-corrected chi connectivity index (χ4v) is 3.85. The molecule has 0 aliphatic carbocycles. The normalized spacial score (nSPS) is 16.1. The summed E-state index contributed by atoms with van der Waals surface area (Å²) >= 11 is 0. The van der Waals surface area contributed by atoms with Gasteiger partial charge in [0.15, 0.2) is 11.5 Å². The molecule has 0 bridgehead atoms. The Morgan fingerprint density at radius 2 is 1.90 bits per heavy atom. The predicted molar refractivity (Wildman–Crippen MR) is 110 cm³/mol. The van der Waals surface area contributed by atoms with Gasteiger partial charge in [-0.1, -0.05) is 24.3 Å². The first-order valence-corrected chi connectivity index (χ1v) is 10.3.